The molecule has 1 aromatic rings. The van der Waals surface area contributed by atoms with Gasteiger partial charge in [0.05, 0.1) is 6.61 Å². The summed E-state index contributed by atoms with van der Waals surface area (Å²) in [5.74, 6) is -0.491. The number of ether oxygens (including phenoxy) is 2. The van der Waals surface area contributed by atoms with Crippen LogP contribution >= 0.6 is 0 Å². The van der Waals surface area contributed by atoms with Crippen molar-refractivity contribution in [3.8, 4) is 0 Å². The smallest absolute Gasteiger partial charge is 0.408 e. The van der Waals surface area contributed by atoms with Crippen molar-refractivity contribution in [3.63, 3.8) is 0 Å². The third-order valence-electron chi connectivity index (χ3n) is 3.53. The van der Waals surface area contributed by atoms with Gasteiger partial charge in [0.15, 0.2) is 0 Å². The van der Waals surface area contributed by atoms with Gasteiger partial charge in [-0.05, 0) is 39.7 Å². The molecular formula is C17H23NO4. The fourth-order valence-corrected chi connectivity index (χ4v) is 2.51. The molecule has 1 saturated carbocycles. The van der Waals surface area contributed by atoms with E-state index in [4.69, 9.17) is 9.47 Å². The normalized spacial score (nSPS) is 23.5. The molecule has 0 radical (unpaired) electrons. The number of nitrogens with one attached hydrogen (secondary N) is 1. The monoisotopic (exact) mass is 305 g/mol. The lowest BCUT2D eigenvalue weighted by Crippen LogP contribution is -2.47. The summed E-state index contributed by atoms with van der Waals surface area (Å²) in [7, 11) is 0. The van der Waals surface area contributed by atoms with Crippen molar-refractivity contribution in [2.24, 2.45) is 0 Å². The molecule has 1 N–H and O–H groups in total. The van der Waals surface area contributed by atoms with E-state index in [9.17, 15) is 9.59 Å². The molecule has 1 aromatic carbocycles. The average Bonchev–Trinajstić information content (AvgIpc) is 3.13. The van der Waals surface area contributed by atoms with Crippen molar-refractivity contribution in [1.82, 2.24) is 5.32 Å². The fraction of sp³-hybridized carbons (Fsp3) is 0.529. The van der Waals surface area contributed by atoms with E-state index in [-0.39, 0.29) is 12.5 Å². The minimum absolute atomic E-state index is 0.0831. The standard InChI is InChI=1S/C17H23NO4/c1-5-21-14(19)17(18-15(20)22-16(2,3)4)11-13(17)12-9-7-6-8-10-12/h6-10,13H,5,11H2,1-4H3,(H,18,20)/t13-,17+/m1/s1. The van der Waals surface area contributed by atoms with Crippen molar-refractivity contribution in [2.45, 2.75) is 51.2 Å². The first-order valence-electron chi connectivity index (χ1n) is 7.52. The second-order valence-electron chi connectivity index (χ2n) is 6.49. The number of alkyl carbamates (subject to hydrolysis) is 1. The zero-order chi connectivity index (χ0) is 16.4. The van der Waals surface area contributed by atoms with E-state index in [1.807, 2.05) is 30.3 Å². The number of rotatable bonds is 4. The second kappa shape index (κ2) is 5.99. The largest absolute Gasteiger partial charge is 0.464 e. The highest BCUT2D eigenvalue weighted by molar-refractivity contribution is 5.91. The summed E-state index contributed by atoms with van der Waals surface area (Å²) < 4.78 is 10.4. The van der Waals surface area contributed by atoms with Gasteiger partial charge in [0.1, 0.15) is 11.1 Å². The van der Waals surface area contributed by atoms with E-state index >= 15 is 0 Å². The Balaban J connectivity index is 2.16. The van der Waals surface area contributed by atoms with Gasteiger partial charge in [-0.1, -0.05) is 30.3 Å². The molecule has 0 unspecified atom stereocenters. The van der Waals surface area contributed by atoms with Gasteiger partial charge in [-0.2, -0.15) is 0 Å². The van der Waals surface area contributed by atoms with Crippen LogP contribution in [0.25, 0.3) is 0 Å². The number of hydrogen-bond donors (Lipinski definition) is 1. The molecule has 0 aliphatic heterocycles. The van der Waals surface area contributed by atoms with E-state index in [2.05, 4.69) is 5.32 Å². The molecular weight excluding hydrogens is 282 g/mol. The highest BCUT2D eigenvalue weighted by Gasteiger charge is 2.63. The lowest BCUT2D eigenvalue weighted by molar-refractivity contribution is -0.147. The van der Waals surface area contributed by atoms with E-state index in [1.54, 1.807) is 27.7 Å². The quantitative estimate of drug-likeness (QED) is 0.869. The van der Waals surface area contributed by atoms with Gasteiger partial charge in [-0.15, -0.1) is 0 Å². The molecule has 2 rings (SSSR count). The lowest BCUT2D eigenvalue weighted by atomic mass is 10.1. The van der Waals surface area contributed by atoms with E-state index < -0.39 is 23.2 Å². The topological polar surface area (TPSA) is 64.6 Å². The zero-order valence-corrected chi connectivity index (χ0v) is 13.5. The van der Waals surface area contributed by atoms with Gasteiger partial charge in [-0.3, -0.25) is 0 Å². The minimum atomic E-state index is -1.01. The maximum absolute atomic E-state index is 12.3. The van der Waals surface area contributed by atoms with Crippen LogP contribution in [0.5, 0.6) is 0 Å². The van der Waals surface area contributed by atoms with Crippen LogP contribution in [-0.2, 0) is 14.3 Å². The molecule has 1 aliphatic rings. The Labute approximate surface area is 131 Å². The minimum Gasteiger partial charge on any atom is -0.464 e. The summed E-state index contributed by atoms with van der Waals surface area (Å²) in [5, 5.41) is 2.72. The maximum atomic E-state index is 12.3. The van der Waals surface area contributed by atoms with Gasteiger partial charge >= 0.3 is 12.1 Å². The third-order valence-corrected chi connectivity index (χ3v) is 3.53. The first kappa shape index (κ1) is 16.3. The zero-order valence-electron chi connectivity index (χ0n) is 13.5. The molecule has 1 aliphatic carbocycles. The molecule has 2 atom stereocenters. The van der Waals surface area contributed by atoms with Crippen LogP contribution in [0.4, 0.5) is 4.79 Å². The van der Waals surface area contributed by atoms with E-state index in [0.29, 0.717) is 6.42 Å². The first-order valence-corrected chi connectivity index (χ1v) is 7.52. The summed E-state index contributed by atoms with van der Waals surface area (Å²) >= 11 is 0. The molecule has 5 nitrogen and oxygen atoms in total. The lowest BCUT2D eigenvalue weighted by Gasteiger charge is -2.23. The predicted octanol–water partition coefficient (Wildman–Crippen LogP) is 3.00. The molecule has 0 spiro atoms. The van der Waals surface area contributed by atoms with Gasteiger partial charge in [0.25, 0.3) is 0 Å². The number of hydrogen-bond acceptors (Lipinski definition) is 4. The highest BCUT2D eigenvalue weighted by Crippen LogP contribution is 2.52. The summed E-state index contributed by atoms with van der Waals surface area (Å²) in [5.41, 5.74) is -0.622. The molecule has 22 heavy (non-hydrogen) atoms. The molecule has 1 fully saturated rings. The predicted molar refractivity (Wildman–Crippen MR) is 82.5 cm³/mol. The summed E-state index contributed by atoms with van der Waals surface area (Å²) in [6.45, 7) is 7.37. The molecule has 1 amide bonds. The Bertz CT molecular complexity index is 550. The van der Waals surface area contributed by atoms with Crippen LogP contribution < -0.4 is 5.32 Å². The Kier molecular flexibility index (Phi) is 4.44. The Hall–Kier alpha value is -2.04. The number of benzene rings is 1. The number of amides is 1. The summed E-state index contributed by atoms with van der Waals surface area (Å²) in [4.78, 5) is 24.4. The van der Waals surface area contributed by atoms with Gasteiger partial charge in [0.2, 0.25) is 0 Å². The van der Waals surface area contributed by atoms with Gasteiger partial charge in [0, 0.05) is 5.92 Å². The van der Waals surface area contributed by atoms with Crippen LogP contribution in [0.1, 0.15) is 45.6 Å². The molecule has 5 heteroatoms. The molecule has 0 aromatic heterocycles. The molecule has 0 saturated heterocycles. The van der Waals surface area contributed by atoms with Gasteiger partial charge in [-0.25, -0.2) is 9.59 Å². The Morgan fingerprint density at radius 2 is 1.91 bits per heavy atom. The molecule has 120 valence electrons. The summed E-state index contributed by atoms with van der Waals surface area (Å²) in [6.07, 6.45) is -0.0753. The van der Waals surface area contributed by atoms with Crippen molar-refractivity contribution >= 4 is 12.1 Å². The van der Waals surface area contributed by atoms with Crippen LogP contribution in [0.3, 0.4) is 0 Å². The van der Waals surface area contributed by atoms with E-state index in [0.717, 1.165) is 5.56 Å². The first-order chi connectivity index (χ1) is 10.3. The SMILES string of the molecule is CCOC(=O)[C@]1(NC(=O)OC(C)(C)C)C[C@@H]1c1ccccc1. The van der Waals surface area contributed by atoms with Gasteiger partial charge < -0.3 is 14.8 Å². The Morgan fingerprint density at radius 1 is 1.27 bits per heavy atom. The number of carbonyl (C=O) groups is 2. The number of carbonyl (C=O) groups excluding carboxylic acids is 2. The molecule has 0 bridgehead atoms. The van der Waals surface area contributed by atoms with Crippen LogP contribution in [-0.4, -0.2) is 29.8 Å². The van der Waals surface area contributed by atoms with E-state index in [1.165, 1.54) is 0 Å². The molecule has 0 heterocycles. The van der Waals surface area contributed by atoms with Crippen molar-refractivity contribution in [2.75, 3.05) is 6.61 Å². The van der Waals surface area contributed by atoms with Crippen molar-refractivity contribution in [1.29, 1.82) is 0 Å². The number of esters is 1. The van der Waals surface area contributed by atoms with Crippen LogP contribution in [0.2, 0.25) is 0 Å². The van der Waals surface area contributed by atoms with Crippen molar-refractivity contribution < 1.29 is 19.1 Å². The maximum Gasteiger partial charge on any atom is 0.408 e. The average molecular weight is 305 g/mol. The van der Waals surface area contributed by atoms with Crippen LogP contribution in [0.15, 0.2) is 30.3 Å². The second-order valence-corrected chi connectivity index (χ2v) is 6.49. The Morgan fingerprint density at radius 3 is 2.45 bits per heavy atom. The van der Waals surface area contributed by atoms with Crippen LogP contribution in [0, 0.1) is 0 Å². The summed E-state index contributed by atoms with van der Waals surface area (Å²) in [6, 6.07) is 9.64. The highest BCUT2D eigenvalue weighted by atomic mass is 16.6. The fourth-order valence-electron chi connectivity index (χ4n) is 2.51. The third kappa shape index (κ3) is 3.59. The van der Waals surface area contributed by atoms with Crippen molar-refractivity contribution in [3.05, 3.63) is 35.9 Å².